The van der Waals surface area contributed by atoms with Gasteiger partial charge in [0.25, 0.3) is 0 Å². The Balaban J connectivity index is 1.40. The van der Waals surface area contributed by atoms with E-state index in [-0.39, 0.29) is 5.91 Å². The van der Waals surface area contributed by atoms with Crippen molar-refractivity contribution in [3.05, 3.63) is 33.2 Å². The number of rotatable bonds is 6. The molecular formula is C17H19IN4OS. The number of aromatic nitrogens is 3. The van der Waals surface area contributed by atoms with Crippen LogP contribution in [0.3, 0.4) is 0 Å². The predicted molar refractivity (Wildman–Crippen MR) is 104 cm³/mol. The molecule has 0 aliphatic heterocycles. The summed E-state index contributed by atoms with van der Waals surface area (Å²) in [6.07, 6.45) is 4.86. The Morgan fingerprint density at radius 1 is 1.33 bits per heavy atom. The normalized spacial score (nSPS) is 17.1. The lowest BCUT2D eigenvalue weighted by atomic mass is 10.2. The lowest BCUT2D eigenvalue weighted by Gasteiger charge is -2.10. The van der Waals surface area contributed by atoms with Crippen LogP contribution in [0, 0.1) is 10.5 Å². The average molecular weight is 454 g/mol. The van der Waals surface area contributed by atoms with Gasteiger partial charge in [0, 0.05) is 21.2 Å². The van der Waals surface area contributed by atoms with Gasteiger partial charge in [0.15, 0.2) is 5.16 Å². The zero-order valence-electron chi connectivity index (χ0n) is 13.5. The zero-order valence-corrected chi connectivity index (χ0v) is 16.4. The number of benzene rings is 1. The van der Waals surface area contributed by atoms with Gasteiger partial charge in [-0.2, -0.15) is 0 Å². The number of amides is 1. The number of halogens is 1. The summed E-state index contributed by atoms with van der Waals surface area (Å²) >= 11 is 3.77. The monoisotopic (exact) mass is 454 g/mol. The standard InChI is InChI=1S/C17H19IN4OS/c1-10-8-12(18)4-7-14(10)19-15(23)9-24-17-21-20-16(11-2-3-11)22(17)13-5-6-13/h4,7-8,11,13H,2-3,5-6,9H2,1H3,(H,19,23). The molecule has 1 heterocycles. The van der Waals surface area contributed by atoms with Crippen molar-refractivity contribution in [2.24, 2.45) is 0 Å². The second-order valence-electron chi connectivity index (χ2n) is 6.51. The first-order chi connectivity index (χ1) is 11.6. The van der Waals surface area contributed by atoms with Crippen LogP contribution in [-0.2, 0) is 4.79 Å². The van der Waals surface area contributed by atoms with Crippen LogP contribution in [0.1, 0.15) is 49.0 Å². The van der Waals surface area contributed by atoms with E-state index in [0.29, 0.717) is 17.7 Å². The molecule has 126 valence electrons. The van der Waals surface area contributed by atoms with Crippen LogP contribution < -0.4 is 5.32 Å². The topological polar surface area (TPSA) is 59.8 Å². The van der Waals surface area contributed by atoms with Gasteiger partial charge in [-0.3, -0.25) is 4.79 Å². The highest BCUT2D eigenvalue weighted by Gasteiger charge is 2.36. The Labute approximate surface area is 159 Å². The van der Waals surface area contributed by atoms with Crippen LogP contribution in [0.25, 0.3) is 0 Å². The molecule has 2 aliphatic rings. The minimum atomic E-state index is 0.00243. The highest BCUT2D eigenvalue weighted by molar-refractivity contribution is 14.1. The first-order valence-electron chi connectivity index (χ1n) is 8.25. The van der Waals surface area contributed by atoms with Gasteiger partial charge in [-0.15, -0.1) is 10.2 Å². The minimum absolute atomic E-state index is 0.00243. The summed E-state index contributed by atoms with van der Waals surface area (Å²) in [5, 5.41) is 12.6. The number of hydrogen-bond acceptors (Lipinski definition) is 4. The molecule has 1 amide bonds. The van der Waals surface area contributed by atoms with Gasteiger partial charge in [-0.05, 0) is 79.0 Å². The lowest BCUT2D eigenvalue weighted by molar-refractivity contribution is -0.113. The van der Waals surface area contributed by atoms with Crippen LogP contribution in [-0.4, -0.2) is 26.4 Å². The molecule has 4 rings (SSSR count). The van der Waals surface area contributed by atoms with Gasteiger partial charge in [0.2, 0.25) is 5.91 Å². The van der Waals surface area contributed by atoms with Crippen LogP contribution in [0.5, 0.6) is 0 Å². The van der Waals surface area contributed by atoms with Crippen LogP contribution in [0.2, 0.25) is 0 Å². The van der Waals surface area contributed by atoms with Crippen molar-refractivity contribution in [2.45, 2.75) is 49.7 Å². The van der Waals surface area contributed by atoms with Gasteiger partial charge >= 0.3 is 0 Å². The fraction of sp³-hybridized carbons (Fsp3) is 0.471. The van der Waals surface area contributed by atoms with Gasteiger partial charge in [0.1, 0.15) is 5.82 Å². The summed E-state index contributed by atoms with van der Waals surface area (Å²) in [5.74, 6) is 2.09. The molecule has 2 aromatic rings. The predicted octanol–water partition coefficient (Wildman–Crippen LogP) is 4.13. The molecule has 0 bridgehead atoms. The van der Waals surface area contributed by atoms with Gasteiger partial charge in [-0.25, -0.2) is 0 Å². The number of nitrogens with zero attached hydrogens (tertiary/aromatic N) is 3. The number of aryl methyl sites for hydroxylation is 1. The molecule has 0 unspecified atom stereocenters. The van der Waals surface area contributed by atoms with Crippen molar-refractivity contribution < 1.29 is 4.79 Å². The number of anilines is 1. The smallest absolute Gasteiger partial charge is 0.234 e. The summed E-state index contributed by atoms with van der Waals surface area (Å²) in [4.78, 5) is 12.3. The first kappa shape index (κ1) is 16.4. The third-order valence-electron chi connectivity index (χ3n) is 4.34. The molecule has 2 aliphatic carbocycles. The van der Waals surface area contributed by atoms with Gasteiger partial charge in [-0.1, -0.05) is 11.8 Å². The number of carbonyl (C=O) groups is 1. The average Bonchev–Trinajstić information content (AvgIpc) is 3.47. The molecule has 1 aromatic carbocycles. The molecule has 1 aromatic heterocycles. The Kier molecular flexibility index (Phi) is 4.55. The van der Waals surface area contributed by atoms with Crippen molar-refractivity contribution in [3.63, 3.8) is 0 Å². The second kappa shape index (κ2) is 6.67. The molecule has 7 heteroatoms. The van der Waals surface area contributed by atoms with E-state index in [4.69, 9.17) is 0 Å². The number of carbonyl (C=O) groups excluding carboxylic acids is 1. The van der Waals surface area contributed by atoms with E-state index in [1.807, 2.05) is 19.1 Å². The van der Waals surface area contributed by atoms with E-state index in [2.05, 4.69) is 48.7 Å². The minimum Gasteiger partial charge on any atom is -0.325 e. The van der Waals surface area contributed by atoms with E-state index < -0.39 is 0 Å². The highest BCUT2D eigenvalue weighted by atomic mass is 127. The molecule has 1 N–H and O–H groups in total. The Morgan fingerprint density at radius 2 is 2.12 bits per heavy atom. The third kappa shape index (κ3) is 3.61. The summed E-state index contributed by atoms with van der Waals surface area (Å²) < 4.78 is 3.45. The van der Waals surface area contributed by atoms with E-state index >= 15 is 0 Å². The van der Waals surface area contributed by atoms with Crippen molar-refractivity contribution >= 4 is 45.9 Å². The van der Waals surface area contributed by atoms with E-state index in [9.17, 15) is 4.79 Å². The van der Waals surface area contributed by atoms with Crippen molar-refractivity contribution in [1.82, 2.24) is 14.8 Å². The van der Waals surface area contributed by atoms with Crippen molar-refractivity contribution in [3.8, 4) is 0 Å². The molecule has 0 atom stereocenters. The number of thioether (sulfide) groups is 1. The molecule has 0 spiro atoms. The lowest BCUT2D eigenvalue weighted by Crippen LogP contribution is -2.15. The van der Waals surface area contributed by atoms with E-state index in [1.54, 1.807) is 0 Å². The maximum Gasteiger partial charge on any atom is 0.234 e. The Bertz CT molecular complexity index is 783. The summed E-state index contributed by atoms with van der Waals surface area (Å²) in [6.45, 7) is 2.01. The molecule has 2 fully saturated rings. The highest BCUT2D eigenvalue weighted by Crippen LogP contribution is 2.45. The fourth-order valence-corrected chi connectivity index (χ4v) is 4.23. The van der Waals surface area contributed by atoms with Crippen molar-refractivity contribution in [2.75, 3.05) is 11.1 Å². The van der Waals surface area contributed by atoms with Gasteiger partial charge < -0.3 is 9.88 Å². The fourth-order valence-electron chi connectivity index (χ4n) is 2.77. The quantitative estimate of drug-likeness (QED) is 0.527. The molecule has 0 radical (unpaired) electrons. The maximum atomic E-state index is 12.3. The molecule has 24 heavy (non-hydrogen) atoms. The van der Waals surface area contributed by atoms with Crippen LogP contribution in [0.15, 0.2) is 23.4 Å². The SMILES string of the molecule is Cc1cc(I)ccc1NC(=O)CSc1nnc(C2CC2)n1C1CC1. The third-order valence-corrected chi connectivity index (χ3v) is 5.95. The number of nitrogens with one attached hydrogen (secondary N) is 1. The Hall–Kier alpha value is -1.09. The zero-order chi connectivity index (χ0) is 16.7. The van der Waals surface area contributed by atoms with Gasteiger partial charge in [0.05, 0.1) is 5.75 Å². The first-order valence-corrected chi connectivity index (χ1v) is 10.3. The summed E-state index contributed by atoms with van der Waals surface area (Å²) in [5.41, 5.74) is 1.96. The molecule has 0 saturated heterocycles. The van der Waals surface area contributed by atoms with Crippen LogP contribution >= 0.6 is 34.4 Å². The molecule has 5 nitrogen and oxygen atoms in total. The summed E-state index contributed by atoms with van der Waals surface area (Å²) in [7, 11) is 0. The molecule has 2 saturated carbocycles. The maximum absolute atomic E-state index is 12.3. The number of hydrogen-bond donors (Lipinski definition) is 1. The second-order valence-corrected chi connectivity index (χ2v) is 8.70. The van der Waals surface area contributed by atoms with Crippen molar-refractivity contribution in [1.29, 1.82) is 0 Å². The van der Waals surface area contributed by atoms with Crippen LogP contribution in [0.4, 0.5) is 5.69 Å². The van der Waals surface area contributed by atoms with E-state index in [0.717, 1.165) is 22.2 Å². The summed E-state index contributed by atoms with van der Waals surface area (Å²) in [6, 6.07) is 6.58. The van der Waals surface area contributed by atoms with E-state index in [1.165, 1.54) is 41.0 Å². The Morgan fingerprint density at radius 3 is 2.79 bits per heavy atom. The largest absolute Gasteiger partial charge is 0.325 e. The molecular weight excluding hydrogens is 435 g/mol.